The predicted octanol–water partition coefficient (Wildman–Crippen LogP) is 2.21. The number of benzene rings is 1. The number of rotatable bonds is 4. The molecule has 0 spiro atoms. The lowest BCUT2D eigenvalue weighted by molar-refractivity contribution is 0.0924. The summed E-state index contributed by atoms with van der Waals surface area (Å²) in [7, 11) is 0. The Morgan fingerprint density at radius 1 is 1.53 bits per heavy atom. The van der Waals surface area contributed by atoms with E-state index in [0.717, 1.165) is 16.5 Å². The number of hydrogen-bond acceptors (Lipinski definition) is 3. The maximum absolute atomic E-state index is 12.0. The highest BCUT2D eigenvalue weighted by Crippen LogP contribution is 2.31. The molecule has 1 aromatic heterocycles. The van der Waals surface area contributed by atoms with Crippen molar-refractivity contribution in [1.82, 2.24) is 5.32 Å². The molecular formula is C15H18N2O2. The minimum absolute atomic E-state index is 0.0649. The zero-order valence-electron chi connectivity index (χ0n) is 11.0. The Morgan fingerprint density at radius 2 is 2.32 bits per heavy atom. The molecule has 4 nitrogen and oxygen atoms in total. The summed E-state index contributed by atoms with van der Waals surface area (Å²) in [6, 6.07) is 7.71. The van der Waals surface area contributed by atoms with Crippen molar-refractivity contribution < 1.29 is 9.21 Å². The van der Waals surface area contributed by atoms with Crippen LogP contribution in [0.5, 0.6) is 0 Å². The Balaban J connectivity index is 1.72. The van der Waals surface area contributed by atoms with Crippen LogP contribution in [0.25, 0.3) is 11.0 Å². The quantitative estimate of drug-likeness (QED) is 0.883. The van der Waals surface area contributed by atoms with Gasteiger partial charge in [0.25, 0.3) is 5.91 Å². The fraction of sp³-hybridized carbons (Fsp3) is 0.400. The van der Waals surface area contributed by atoms with Gasteiger partial charge in [-0.05, 0) is 37.3 Å². The molecule has 19 heavy (non-hydrogen) atoms. The molecule has 3 N–H and O–H groups in total. The summed E-state index contributed by atoms with van der Waals surface area (Å²) in [4.78, 5) is 12.0. The number of amides is 1. The number of fused-ring (bicyclic) bond motifs is 1. The highest BCUT2D eigenvalue weighted by atomic mass is 16.3. The molecule has 0 radical (unpaired) electrons. The van der Waals surface area contributed by atoms with Crippen molar-refractivity contribution in [2.24, 2.45) is 11.7 Å². The Labute approximate surface area is 112 Å². The lowest BCUT2D eigenvalue weighted by Gasteiger charge is -2.10. The van der Waals surface area contributed by atoms with Crippen LogP contribution in [0, 0.1) is 12.8 Å². The molecule has 2 aromatic rings. The van der Waals surface area contributed by atoms with Crippen LogP contribution in [-0.2, 0) is 0 Å². The van der Waals surface area contributed by atoms with Gasteiger partial charge in [0.05, 0.1) is 0 Å². The minimum Gasteiger partial charge on any atom is -0.451 e. The zero-order chi connectivity index (χ0) is 13.4. The van der Waals surface area contributed by atoms with Gasteiger partial charge in [0.1, 0.15) is 5.58 Å². The maximum atomic E-state index is 12.0. The second kappa shape index (κ2) is 4.70. The largest absolute Gasteiger partial charge is 0.451 e. The normalized spacial score (nSPS) is 16.5. The molecular weight excluding hydrogens is 240 g/mol. The summed E-state index contributed by atoms with van der Waals surface area (Å²) < 4.78 is 5.62. The van der Waals surface area contributed by atoms with Crippen molar-refractivity contribution in [2.75, 3.05) is 6.54 Å². The lowest BCUT2D eigenvalue weighted by Crippen LogP contribution is -2.38. The highest BCUT2D eigenvalue weighted by molar-refractivity contribution is 5.96. The Kier molecular flexibility index (Phi) is 3.03. The molecule has 1 atom stereocenters. The number of nitrogens with one attached hydrogen (secondary N) is 1. The third-order valence-electron chi connectivity index (χ3n) is 3.69. The number of carbonyl (C=O) groups is 1. The first kappa shape index (κ1) is 12.2. The van der Waals surface area contributed by atoms with Crippen LogP contribution in [0.4, 0.5) is 0 Å². The third-order valence-corrected chi connectivity index (χ3v) is 3.69. The standard InChI is InChI=1S/C15H18N2O2/c1-9-3-2-4-11-7-13(19-14(9)11)15(18)17-8-12(16)10-5-6-10/h2-4,7,10,12H,5-6,8,16H2,1H3,(H,17,18). The first-order valence-corrected chi connectivity index (χ1v) is 6.68. The molecule has 100 valence electrons. The second-order valence-electron chi connectivity index (χ2n) is 5.32. The van der Waals surface area contributed by atoms with Crippen LogP contribution in [0.2, 0.25) is 0 Å². The number of carbonyl (C=O) groups excluding carboxylic acids is 1. The number of para-hydroxylation sites is 1. The zero-order valence-corrected chi connectivity index (χ0v) is 11.0. The molecule has 4 heteroatoms. The summed E-state index contributed by atoms with van der Waals surface area (Å²) >= 11 is 0. The number of hydrogen-bond donors (Lipinski definition) is 2. The fourth-order valence-electron chi connectivity index (χ4n) is 2.31. The van der Waals surface area contributed by atoms with E-state index < -0.39 is 0 Å². The van der Waals surface area contributed by atoms with Gasteiger partial charge in [-0.2, -0.15) is 0 Å². The van der Waals surface area contributed by atoms with Gasteiger partial charge in [0.2, 0.25) is 0 Å². The molecule has 0 bridgehead atoms. The van der Waals surface area contributed by atoms with E-state index in [2.05, 4.69) is 5.32 Å². The first-order valence-electron chi connectivity index (χ1n) is 6.68. The van der Waals surface area contributed by atoms with E-state index in [4.69, 9.17) is 10.2 Å². The van der Waals surface area contributed by atoms with Crippen LogP contribution in [0.15, 0.2) is 28.7 Å². The van der Waals surface area contributed by atoms with Crippen LogP contribution < -0.4 is 11.1 Å². The van der Waals surface area contributed by atoms with E-state index in [9.17, 15) is 4.79 Å². The number of furan rings is 1. The minimum atomic E-state index is -0.188. The molecule has 1 aromatic carbocycles. The van der Waals surface area contributed by atoms with Gasteiger partial charge in [-0.1, -0.05) is 18.2 Å². The molecule has 1 aliphatic rings. The topological polar surface area (TPSA) is 68.3 Å². The molecule has 1 unspecified atom stereocenters. The SMILES string of the molecule is Cc1cccc2cc(C(=O)NCC(N)C3CC3)oc12. The lowest BCUT2D eigenvalue weighted by atomic mass is 10.2. The molecule has 1 aliphatic carbocycles. The van der Waals surface area contributed by atoms with Gasteiger partial charge in [-0.15, -0.1) is 0 Å². The second-order valence-corrected chi connectivity index (χ2v) is 5.32. The summed E-state index contributed by atoms with van der Waals surface area (Å²) in [5, 5.41) is 3.80. The van der Waals surface area contributed by atoms with Crippen molar-refractivity contribution in [3.63, 3.8) is 0 Å². The smallest absolute Gasteiger partial charge is 0.287 e. The van der Waals surface area contributed by atoms with Crippen molar-refractivity contribution >= 4 is 16.9 Å². The van der Waals surface area contributed by atoms with Crippen molar-refractivity contribution in [3.8, 4) is 0 Å². The fourth-order valence-corrected chi connectivity index (χ4v) is 2.31. The van der Waals surface area contributed by atoms with Crippen molar-refractivity contribution in [1.29, 1.82) is 0 Å². The predicted molar refractivity (Wildman–Crippen MR) is 74.0 cm³/mol. The van der Waals surface area contributed by atoms with Gasteiger partial charge in [-0.25, -0.2) is 0 Å². The van der Waals surface area contributed by atoms with Crippen LogP contribution >= 0.6 is 0 Å². The summed E-state index contributed by atoms with van der Waals surface area (Å²) in [6.45, 7) is 2.48. The van der Waals surface area contributed by atoms with E-state index in [-0.39, 0.29) is 11.9 Å². The monoisotopic (exact) mass is 258 g/mol. The molecule has 1 amide bonds. The Hall–Kier alpha value is -1.81. The van der Waals surface area contributed by atoms with E-state index in [1.54, 1.807) is 6.07 Å². The summed E-state index contributed by atoms with van der Waals surface area (Å²) in [5.41, 5.74) is 7.77. The Morgan fingerprint density at radius 3 is 3.00 bits per heavy atom. The number of aryl methyl sites for hydroxylation is 1. The first-order chi connectivity index (χ1) is 9.15. The van der Waals surface area contributed by atoms with E-state index >= 15 is 0 Å². The van der Waals surface area contributed by atoms with Gasteiger partial charge in [0.15, 0.2) is 5.76 Å². The van der Waals surface area contributed by atoms with Gasteiger partial charge < -0.3 is 15.5 Å². The van der Waals surface area contributed by atoms with E-state index in [1.165, 1.54) is 12.8 Å². The van der Waals surface area contributed by atoms with Crippen molar-refractivity contribution in [3.05, 3.63) is 35.6 Å². The highest BCUT2D eigenvalue weighted by Gasteiger charge is 2.28. The molecule has 1 saturated carbocycles. The average molecular weight is 258 g/mol. The maximum Gasteiger partial charge on any atom is 0.287 e. The summed E-state index contributed by atoms with van der Waals surface area (Å²) in [5.74, 6) is 0.747. The molecule has 1 fully saturated rings. The molecule has 0 aliphatic heterocycles. The molecule has 3 rings (SSSR count). The van der Waals surface area contributed by atoms with E-state index in [0.29, 0.717) is 18.2 Å². The van der Waals surface area contributed by atoms with Gasteiger partial charge in [0, 0.05) is 18.0 Å². The molecule has 1 heterocycles. The van der Waals surface area contributed by atoms with Crippen LogP contribution in [0.1, 0.15) is 29.0 Å². The Bertz CT molecular complexity index is 614. The van der Waals surface area contributed by atoms with Crippen LogP contribution in [0.3, 0.4) is 0 Å². The number of nitrogens with two attached hydrogens (primary N) is 1. The van der Waals surface area contributed by atoms with Gasteiger partial charge in [-0.3, -0.25) is 4.79 Å². The van der Waals surface area contributed by atoms with Crippen LogP contribution in [-0.4, -0.2) is 18.5 Å². The third kappa shape index (κ3) is 2.49. The van der Waals surface area contributed by atoms with Crippen molar-refractivity contribution in [2.45, 2.75) is 25.8 Å². The molecule has 0 saturated heterocycles. The average Bonchev–Trinajstić information content (AvgIpc) is 3.15. The summed E-state index contributed by atoms with van der Waals surface area (Å²) in [6.07, 6.45) is 2.36. The van der Waals surface area contributed by atoms with E-state index in [1.807, 2.05) is 25.1 Å². The van der Waals surface area contributed by atoms with Gasteiger partial charge >= 0.3 is 0 Å².